The van der Waals surface area contributed by atoms with Crippen LogP contribution in [-0.4, -0.2) is 33.1 Å². The Balaban J connectivity index is 1.45. The minimum absolute atomic E-state index is 0.175. The number of halogens is 2. The van der Waals surface area contributed by atoms with Gasteiger partial charge in [0, 0.05) is 38.0 Å². The Kier molecular flexibility index (Phi) is 5.92. The second-order valence-electron chi connectivity index (χ2n) is 7.31. The van der Waals surface area contributed by atoms with Gasteiger partial charge in [0.05, 0.1) is 10.6 Å². The van der Waals surface area contributed by atoms with Gasteiger partial charge in [-0.3, -0.25) is 0 Å². The van der Waals surface area contributed by atoms with Crippen LogP contribution in [0.1, 0.15) is 34.8 Å². The first-order valence-corrected chi connectivity index (χ1v) is 10.6. The smallest absolute Gasteiger partial charge is 0.225 e. The highest BCUT2D eigenvalue weighted by Gasteiger charge is 2.36. The van der Waals surface area contributed by atoms with Crippen molar-refractivity contribution in [3.8, 4) is 5.75 Å². The Labute approximate surface area is 177 Å². The number of anilines is 1. The molecule has 9 heteroatoms. The Morgan fingerprint density at radius 3 is 2.73 bits per heavy atom. The average Bonchev–Trinajstić information content (AvgIpc) is 3.01. The minimum atomic E-state index is -1.03. The van der Waals surface area contributed by atoms with Crippen LogP contribution in [0, 0.1) is 18.6 Å². The molecular weight excluding hydrogens is 410 g/mol. The maximum atomic E-state index is 13.4. The number of ether oxygens (including phenoxy) is 1. The van der Waals surface area contributed by atoms with E-state index < -0.39 is 17.2 Å². The summed E-state index contributed by atoms with van der Waals surface area (Å²) in [6.07, 6.45) is 5.31. The highest BCUT2D eigenvalue weighted by Crippen LogP contribution is 2.37. The molecule has 0 saturated carbocycles. The van der Waals surface area contributed by atoms with Crippen LogP contribution in [0.3, 0.4) is 0 Å². The molecule has 1 aliphatic heterocycles. The van der Waals surface area contributed by atoms with Crippen molar-refractivity contribution in [1.82, 2.24) is 15.0 Å². The van der Waals surface area contributed by atoms with Gasteiger partial charge >= 0.3 is 0 Å². The predicted molar refractivity (Wildman–Crippen MR) is 110 cm³/mol. The SMILES string of the molecule is Cc1nc(C2(O)CCCN(c3ncccn3)CC2)sc1COc1ccc(F)c(F)c1. The highest BCUT2D eigenvalue weighted by atomic mass is 32.1. The molecule has 0 amide bonds. The van der Waals surface area contributed by atoms with E-state index in [0.29, 0.717) is 30.3 Å². The maximum Gasteiger partial charge on any atom is 0.225 e. The summed E-state index contributed by atoms with van der Waals surface area (Å²) < 4.78 is 32.0. The van der Waals surface area contributed by atoms with E-state index in [-0.39, 0.29) is 12.4 Å². The van der Waals surface area contributed by atoms with Gasteiger partial charge in [0.25, 0.3) is 0 Å². The van der Waals surface area contributed by atoms with Crippen LogP contribution in [0.5, 0.6) is 5.75 Å². The molecule has 1 N–H and O–H groups in total. The van der Waals surface area contributed by atoms with Crippen molar-refractivity contribution in [1.29, 1.82) is 0 Å². The summed E-state index contributed by atoms with van der Waals surface area (Å²) >= 11 is 1.39. The van der Waals surface area contributed by atoms with Gasteiger partial charge in [-0.2, -0.15) is 0 Å². The van der Waals surface area contributed by atoms with Gasteiger partial charge in [0.15, 0.2) is 11.6 Å². The molecule has 6 nitrogen and oxygen atoms in total. The molecule has 0 radical (unpaired) electrons. The summed E-state index contributed by atoms with van der Waals surface area (Å²) in [4.78, 5) is 16.1. The van der Waals surface area contributed by atoms with E-state index in [1.165, 1.54) is 17.4 Å². The number of hydrogen-bond acceptors (Lipinski definition) is 7. The van der Waals surface area contributed by atoms with Gasteiger partial charge in [0.2, 0.25) is 5.95 Å². The number of aryl methyl sites for hydroxylation is 1. The first-order chi connectivity index (χ1) is 14.4. The van der Waals surface area contributed by atoms with Gasteiger partial charge in [-0.15, -0.1) is 11.3 Å². The van der Waals surface area contributed by atoms with Crippen molar-refractivity contribution < 1.29 is 18.6 Å². The number of thiazole rings is 1. The molecule has 1 saturated heterocycles. The van der Waals surface area contributed by atoms with Crippen LogP contribution in [0.2, 0.25) is 0 Å². The molecule has 1 unspecified atom stereocenters. The van der Waals surface area contributed by atoms with Crippen molar-refractivity contribution in [3.05, 3.63) is 63.9 Å². The van der Waals surface area contributed by atoms with Crippen molar-refractivity contribution in [2.45, 2.75) is 38.4 Å². The fraction of sp³-hybridized carbons (Fsp3) is 0.381. The summed E-state index contributed by atoms with van der Waals surface area (Å²) in [5, 5.41) is 12.0. The number of aromatic nitrogens is 3. The highest BCUT2D eigenvalue weighted by molar-refractivity contribution is 7.11. The van der Waals surface area contributed by atoms with Crippen molar-refractivity contribution >= 4 is 17.3 Å². The molecular formula is C21H22F2N4O2S. The summed E-state index contributed by atoms with van der Waals surface area (Å²) in [6, 6.07) is 5.21. The normalized spacial score (nSPS) is 19.5. The zero-order valence-electron chi connectivity index (χ0n) is 16.5. The quantitative estimate of drug-likeness (QED) is 0.658. The number of rotatable bonds is 5. The number of benzene rings is 1. The van der Waals surface area contributed by atoms with Crippen molar-refractivity contribution in [2.75, 3.05) is 18.0 Å². The molecule has 0 bridgehead atoms. The minimum Gasteiger partial charge on any atom is -0.488 e. The Morgan fingerprint density at radius 2 is 1.97 bits per heavy atom. The van der Waals surface area contributed by atoms with E-state index in [1.54, 1.807) is 18.5 Å². The van der Waals surface area contributed by atoms with Crippen molar-refractivity contribution in [2.24, 2.45) is 0 Å². The molecule has 3 heterocycles. The lowest BCUT2D eigenvalue weighted by atomic mass is 9.96. The largest absolute Gasteiger partial charge is 0.488 e. The first-order valence-electron chi connectivity index (χ1n) is 9.73. The lowest BCUT2D eigenvalue weighted by Gasteiger charge is -2.24. The molecule has 1 aromatic carbocycles. The fourth-order valence-corrected chi connectivity index (χ4v) is 4.59. The summed E-state index contributed by atoms with van der Waals surface area (Å²) in [5.74, 6) is -0.953. The molecule has 2 aromatic heterocycles. The molecule has 158 valence electrons. The Bertz CT molecular complexity index is 1020. The summed E-state index contributed by atoms with van der Waals surface area (Å²) in [6.45, 7) is 3.42. The van der Waals surface area contributed by atoms with Gasteiger partial charge < -0.3 is 14.7 Å². The topological polar surface area (TPSA) is 71.4 Å². The zero-order valence-corrected chi connectivity index (χ0v) is 17.3. The summed E-state index contributed by atoms with van der Waals surface area (Å²) in [5.41, 5.74) is -0.266. The van der Waals surface area contributed by atoms with E-state index >= 15 is 0 Å². The van der Waals surface area contributed by atoms with E-state index in [1.807, 2.05) is 6.92 Å². The number of aliphatic hydroxyl groups is 1. The lowest BCUT2D eigenvalue weighted by Crippen LogP contribution is -2.30. The molecule has 0 spiro atoms. The van der Waals surface area contributed by atoms with Crippen LogP contribution in [0.4, 0.5) is 14.7 Å². The third-order valence-corrected chi connectivity index (χ3v) is 6.52. The van der Waals surface area contributed by atoms with E-state index in [9.17, 15) is 13.9 Å². The molecule has 0 aliphatic carbocycles. The van der Waals surface area contributed by atoms with E-state index in [4.69, 9.17) is 4.74 Å². The standard InChI is InChI=1S/C21H22F2N4O2S/c1-14-18(13-29-15-4-5-16(22)17(23)12-15)30-19(26-14)21(28)6-2-10-27(11-7-21)20-24-8-3-9-25-20/h3-5,8-9,12,28H,2,6-7,10-11,13H2,1H3. The van der Waals surface area contributed by atoms with Gasteiger partial charge in [0.1, 0.15) is 23.0 Å². The molecule has 30 heavy (non-hydrogen) atoms. The van der Waals surface area contributed by atoms with Crippen LogP contribution in [0.25, 0.3) is 0 Å². The Hall–Kier alpha value is -2.65. The third kappa shape index (κ3) is 4.41. The van der Waals surface area contributed by atoms with Crippen LogP contribution in [0.15, 0.2) is 36.7 Å². The van der Waals surface area contributed by atoms with Crippen LogP contribution >= 0.6 is 11.3 Å². The van der Waals surface area contributed by atoms with Gasteiger partial charge in [-0.05, 0) is 38.0 Å². The zero-order chi connectivity index (χ0) is 21.1. The summed E-state index contributed by atoms with van der Waals surface area (Å²) in [7, 11) is 0. The molecule has 4 rings (SSSR count). The van der Waals surface area contributed by atoms with Crippen LogP contribution in [-0.2, 0) is 12.2 Å². The predicted octanol–water partition coefficient (Wildman–Crippen LogP) is 3.98. The van der Waals surface area contributed by atoms with E-state index in [0.717, 1.165) is 35.7 Å². The molecule has 3 aromatic rings. The van der Waals surface area contributed by atoms with Gasteiger partial charge in [-0.25, -0.2) is 23.7 Å². The molecule has 1 aliphatic rings. The molecule has 1 fully saturated rings. The number of nitrogens with zero attached hydrogens (tertiary/aromatic N) is 4. The van der Waals surface area contributed by atoms with Crippen molar-refractivity contribution in [3.63, 3.8) is 0 Å². The average molecular weight is 432 g/mol. The third-order valence-electron chi connectivity index (χ3n) is 5.20. The number of hydrogen-bond donors (Lipinski definition) is 1. The Morgan fingerprint density at radius 1 is 1.17 bits per heavy atom. The maximum absolute atomic E-state index is 13.4. The monoisotopic (exact) mass is 432 g/mol. The van der Waals surface area contributed by atoms with Crippen LogP contribution < -0.4 is 9.64 Å². The van der Waals surface area contributed by atoms with E-state index in [2.05, 4.69) is 19.9 Å². The second-order valence-corrected chi connectivity index (χ2v) is 8.40. The molecule has 1 atom stereocenters. The first kappa shape index (κ1) is 20.6. The lowest BCUT2D eigenvalue weighted by molar-refractivity contribution is 0.0241. The fourth-order valence-electron chi connectivity index (χ4n) is 3.46. The second kappa shape index (κ2) is 8.61. The van der Waals surface area contributed by atoms with Gasteiger partial charge in [-0.1, -0.05) is 0 Å².